The molecule has 0 aliphatic rings. The van der Waals surface area contributed by atoms with Gasteiger partial charge in [0.15, 0.2) is 11.7 Å². The monoisotopic (exact) mass is 518 g/mol. The van der Waals surface area contributed by atoms with Gasteiger partial charge in [0.25, 0.3) is 17.5 Å². The predicted molar refractivity (Wildman–Crippen MR) is 124 cm³/mol. The van der Waals surface area contributed by atoms with E-state index < -0.39 is 45.7 Å². The molecule has 35 heavy (non-hydrogen) atoms. The molecule has 0 atom stereocenters. The highest BCUT2D eigenvalue weighted by Crippen LogP contribution is 2.29. The third-order valence-corrected chi connectivity index (χ3v) is 7.57. The number of sulfone groups is 1. The van der Waals surface area contributed by atoms with Gasteiger partial charge in [-0.3, -0.25) is 29.8 Å². The summed E-state index contributed by atoms with van der Waals surface area (Å²) in [5, 5.41) is 15.4. The summed E-state index contributed by atoms with van der Waals surface area (Å²) in [6, 6.07) is 11.0. The van der Waals surface area contributed by atoms with Crippen molar-refractivity contribution >= 4 is 49.8 Å². The third-order valence-electron chi connectivity index (χ3n) is 4.42. The summed E-state index contributed by atoms with van der Waals surface area (Å²) in [4.78, 5) is 49.5. The van der Waals surface area contributed by atoms with Crippen molar-refractivity contribution in [2.45, 2.75) is 16.0 Å². The average Bonchev–Trinajstić information content (AvgIpc) is 3.31. The van der Waals surface area contributed by atoms with Gasteiger partial charge in [-0.15, -0.1) is 0 Å². The summed E-state index contributed by atoms with van der Waals surface area (Å²) in [6.45, 7) is 0.743. The Morgan fingerprint density at radius 2 is 1.74 bits per heavy atom. The zero-order valence-corrected chi connectivity index (χ0v) is 19.7. The van der Waals surface area contributed by atoms with E-state index in [-0.39, 0.29) is 19.9 Å². The number of thiazole rings is 1. The van der Waals surface area contributed by atoms with Crippen molar-refractivity contribution < 1.29 is 32.5 Å². The van der Waals surface area contributed by atoms with E-state index in [0.717, 1.165) is 36.0 Å². The molecule has 3 rings (SSSR count). The van der Waals surface area contributed by atoms with Crippen LogP contribution in [0.25, 0.3) is 0 Å². The highest BCUT2D eigenvalue weighted by Gasteiger charge is 2.22. The van der Waals surface area contributed by atoms with E-state index in [9.17, 15) is 32.9 Å². The van der Waals surface area contributed by atoms with E-state index in [1.165, 1.54) is 0 Å². The molecule has 2 N–H and O–H groups in total. The van der Waals surface area contributed by atoms with E-state index in [1.807, 2.05) is 6.92 Å². The normalized spacial score (nSPS) is 10.9. The SMILES string of the molecule is Cc1ccc(C(=O)NCC(=O)OCC(=O)Nc2ncc(S(=O)(=O)c3ccc([N+](=O)[O-])cc3)s2)cc1. The lowest BCUT2D eigenvalue weighted by atomic mass is 10.1. The molecule has 0 aliphatic heterocycles. The number of hydrogen-bond acceptors (Lipinski definition) is 10. The number of esters is 1. The Morgan fingerprint density at radius 3 is 2.37 bits per heavy atom. The Balaban J connectivity index is 1.49. The van der Waals surface area contributed by atoms with Crippen LogP contribution < -0.4 is 10.6 Å². The molecule has 1 aromatic heterocycles. The number of amides is 2. The Morgan fingerprint density at radius 1 is 1.09 bits per heavy atom. The van der Waals surface area contributed by atoms with Crippen LogP contribution in [-0.4, -0.2) is 49.3 Å². The molecule has 12 nitrogen and oxygen atoms in total. The number of ether oxygens (including phenoxy) is 1. The van der Waals surface area contributed by atoms with Crippen LogP contribution in [0.15, 0.2) is 63.8 Å². The van der Waals surface area contributed by atoms with Gasteiger partial charge in [-0.05, 0) is 31.2 Å². The second-order valence-corrected chi connectivity index (χ2v) is 10.2. The van der Waals surface area contributed by atoms with Crippen LogP contribution >= 0.6 is 11.3 Å². The van der Waals surface area contributed by atoms with Crippen LogP contribution in [0.2, 0.25) is 0 Å². The van der Waals surface area contributed by atoms with E-state index in [4.69, 9.17) is 4.74 Å². The van der Waals surface area contributed by atoms with Crippen molar-refractivity contribution in [3.05, 3.63) is 76.0 Å². The number of aryl methyl sites for hydroxylation is 1. The molecule has 0 bridgehead atoms. The summed E-state index contributed by atoms with van der Waals surface area (Å²) in [7, 11) is -4.01. The molecule has 2 aromatic carbocycles. The van der Waals surface area contributed by atoms with Gasteiger partial charge in [0, 0.05) is 17.7 Å². The number of non-ortho nitro benzene ring substituents is 1. The van der Waals surface area contributed by atoms with E-state index >= 15 is 0 Å². The number of nitro benzene ring substituents is 1. The molecule has 14 heteroatoms. The Hall–Kier alpha value is -4.17. The summed E-state index contributed by atoms with van der Waals surface area (Å²) < 4.78 is 29.9. The summed E-state index contributed by atoms with van der Waals surface area (Å²) in [5.41, 5.74) is 1.08. The molecule has 2 amide bonds. The van der Waals surface area contributed by atoms with Gasteiger partial charge in [0.2, 0.25) is 9.84 Å². The summed E-state index contributed by atoms with van der Waals surface area (Å²) in [6.07, 6.45) is 1.03. The number of carbonyl (C=O) groups excluding carboxylic acids is 3. The van der Waals surface area contributed by atoms with Crippen LogP contribution in [0.4, 0.5) is 10.8 Å². The highest BCUT2D eigenvalue weighted by atomic mass is 32.2. The third kappa shape index (κ3) is 6.68. The van der Waals surface area contributed by atoms with Gasteiger partial charge in [0.1, 0.15) is 10.8 Å². The van der Waals surface area contributed by atoms with Crippen molar-refractivity contribution in [1.82, 2.24) is 10.3 Å². The minimum atomic E-state index is -4.01. The Bertz CT molecular complexity index is 1370. The van der Waals surface area contributed by atoms with E-state index in [2.05, 4.69) is 15.6 Å². The topological polar surface area (TPSA) is 175 Å². The predicted octanol–water partition coefficient (Wildman–Crippen LogP) is 2.10. The molecule has 0 aliphatic carbocycles. The first-order valence-corrected chi connectivity index (χ1v) is 12.1. The lowest BCUT2D eigenvalue weighted by Gasteiger charge is -2.06. The van der Waals surface area contributed by atoms with Crippen molar-refractivity contribution in [2.24, 2.45) is 0 Å². The number of nitrogens with one attached hydrogen (secondary N) is 2. The van der Waals surface area contributed by atoms with Crippen LogP contribution in [0.5, 0.6) is 0 Å². The van der Waals surface area contributed by atoms with Gasteiger partial charge in [-0.1, -0.05) is 29.0 Å². The number of hydrogen-bond donors (Lipinski definition) is 2. The maximum atomic E-state index is 12.7. The molecular weight excluding hydrogens is 500 g/mol. The quantitative estimate of drug-likeness (QED) is 0.244. The van der Waals surface area contributed by atoms with Crippen molar-refractivity contribution in [1.29, 1.82) is 0 Å². The van der Waals surface area contributed by atoms with Crippen LogP contribution in [0.1, 0.15) is 15.9 Å². The second kappa shape index (κ2) is 10.8. The van der Waals surface area contributed by atoms with Crippen molar-refractivity contribution in [3.8, 4) is 0 Å². The highest BCUT2D eigenvalue weighted by molar-refractivity contribution is 7.93. The maximum absolute atomic E-state index is 12.7. The van der Waals surface area contributed by atoms with Gasteiger partial charge < -0.3 is 10.1 Å². The lowest BCUT2D eigenvalue weighted by molar-refractivity contribution is -0.384. The minimum absolute atomic E-state index is 0.0563. The van der Waals surface area contributed by atoms with E-state index in [1.54, 1.807) is 24.3 Å². The van der Waals surface area contributed by atoms with Gasteiger partial charge in [-0.2, -0.15) is 0 Å². The second-order valence-electron chi connectivity index (χ2n) is 7.00. The molecule has 0 saturated heterocycles. The fraction of sp³-hybridized carbons (Fsp3) is 0.143. The average molecular weight is 519 g/mol. The molecule has 0 spiro atoms. The van der Waals surface area contributed by atoms with Gasteiger partial charge in [0.05, 0.1) is 16.0 Å². The Labute approximate surface area is 203 Å². The zero-order valence-electron chi connectivity index (χ0n) is 18.1. The van der Waals surface area contributed by atoms with Gasteiger partial charge in [-0.25, -0.2) is 13.4 Å². The van der Waals surface area contributed by atoms with Crippen LogP contribution in [0, 0.1) is 17.0 Å². The number of anilines is 1. The zero-order chi connectivity index (χ0) is 25.6. The molecule has 3 aromatic rings. The lowest BCUT2D eigenvalue weighted by Crippen LogP contribution is -2.32. The minimum Gasteiger partial charge on any atom is -0.454 e. The number of benzene rings is 2. The van der Waals surface area contributed by atoms with Crippen molar-refractivity contribution in [2.75, 3.05) is 18.5 Å². The number of carbonyl (C=O) groups is 3. The molecule has 0 saturated carbocycles. The smallest absolute Gasteiger partial charge is 0.325 e. The Kier molecular flexibility index (Phi) is 7.88. The molecule has 182 valence electrons. The first kappa shape index (κ1) is 25.5. The van der Waals surface area contributed by atoms with Crippen LogP contribution in [-0.2, 0) is 24.2 Å². The fourth-order valence-corrected chi connectivity index (χ4v) is 5.07. The first-order valence-electron chi connectivity index (χ1n) is 9.82. The number of aromatic nitrogens is 1. The summed E-state index contributed by atoms with van der Waals surface area (Å²) in [5.74, 6) is -2.09. The number of nitro groups is 1. The van der Waals surface area contributed by atoms with Gasteiger partial charge >= 0.3 is 5.97 Å². The summed E-state index contributed by atoms with van der Waals surface area (Å²) >= 11 is 0.658. The maximum Gasteiger partial charge on any atom is 0.325 e. The number of nitrogens with zero attached hydrogens (tertiary/aromatic N) is 2. The number of rotatable bonds is 9. The molecule has 0 radical (unpaired) electrons. The largest absolute Gasteiger partial charge is 0.454 e. The molecule has 1 heterocycles. The molecule has 0 unspecified atom stereocenters. The van der Waals surface area contributed by atoms with Crippen molar-refractivity contribution in [3.63, 3.8) is 0 Å². The fourth-order valence-electron chi connectivity index (χ4n) is 2.62. The molecular formula is C21H18N4O8S2. The van der Waals surface area contributed by atoms with Crippen LogP contribution in [0.3, 0.4) is 0 Å². The van der Waals surface area contributed by atoms with E-state index in [0.29, 0.717) is 16.9 Å². The standard InChI is InChI=1S/C21H18N4O8S2/c1-13-2-4-14(5-3-13)20(28)22-10-18(27)33-12-17(26)24-21-23-11-19(34-21)35(31,32)16-8-6-15(7-9-16)25(29)30/h2-9,11H,10,12H2,1H3,(H,22,28)(H,23,24,26). The molecule has 0 fully saturated rings. The first-order chi connectivity index (χ1) is 16.6.